The predicted octanol–water partition coefficient (Wildman–Crippen LogP) is 4.51. The second-order valence-electron chi connectivity index (χ2n) is 5.44. The zero-order valence-corrected chi connectivity index (χ0v) is 16.1. The van der Waals surface area contributed by atoms with Crippen molar-refractivity contribution in [2.45, 2.75) is 39.8 Å². The van der Waals surface area contributed by atoms with Crippen molar-refractivity contribution in [3.63, 3.8) is 0 Å². The first-order valence-corrected chi connectivity index (χ1v) is 8.64. The Morgan fingerprint density at radius 1 is 1.29 bits per heavy atom. The van der Waals surface area contributed by atoms with Crippen LogP contribution in [0.4, 0.5) is 5.69 Å². The molecule has 0 saturated carbocycles. The van der Waals surface area contributed by atoms with Gasteiger partial charge >= 0.3 is 0 Å². The van der Waals surface area contributed by atoms with Crippen molar-refractivity contribution in [2.75, 3.05) is 18.4 Å². The lowest BCUT2D eigenvalue weighted by molar-refractivity contribution is 0.178. The van der Waals surface area contributed by atoms with Crippen LogP contribution >= 0.6 is 39.7 Å². The maximum absolute atomic E-state index is 6.06. The maximum atomic E-state index is 6.06. The molecule has 1 rings (SSSR count). The predicted molar refractivity (Wildman–Crippen MR) is 100 cm³/mol. The smallest absolute Gasteiger partial charge is 0.170 e. The van der Waals surface area contributed by atoms with Crippen molar-refractivity contribution in [1.29, 1.82) is 0 Å². The quantitative estimate of drug-likeness (QED) is 0.697. The van der Waals surface area contributed by atoms with Gasteiger partial charge in [0.1, 0.15) is 0 Å². The van der Waals surface area contributed by atoms with Gasteiger partial charge in [-0.2, -0.15) is 0 Å². The van der Waals surface area contributed by atoms with Crippen molar-refractivity contribution >= 4 is 50.5 Å². The lowest BCUT2D eigenvalue weighted by atomic mass is 10.2. The molecule has 1 aromatic carbocycles. The monoisotopic (exact) mass is 391 g/mol. The number of hydrogen-bond acceptors (Lipinski definition) is 2. The summed E-state index contributed by atoms with van der Waals surface area (Å²) in [5.41, 5.74) is 0.880. The average Bonchev–Trinajstić information content (AvgIpc) is 2.38. The van der Waals surface area contributed by atoms with Crippen LogP contribution in [0.3, 0.4) is 0 Å². The molecule has 0 fully saturated rings. The van der Waals surface area contributed by atoms with E-state index in [1.165, 1.54) is 0 Å². The Labute approximate surface area is 146 Å². The molecule has 0 aromatic heterocycles. The van der Waals surface area contributed by atoms with Gasteiger partial charge in [0.15, 0.2) is 5.11 Å². The average molecular weight is 393 g/mol. The molecule has 0 bridgehead atoms. The van der Waals surface area contributed by atoms with Gasteiger partial charge < -0.3 is 10.6 Å². The van der Waals surface area contributed by atoms with Gasteiger partial charge in [0.25, 0.3) is 0 Å². The molecule has 0 atom stereocenters. The number of thiocarbonyl (C=S) groups is 1. The summed E-state index contributed by atoms with van der Waals surface area (Å²) in [7, 11) is 0. The normalized spacial score (nSPS) is 11.3. The van der Waals surface area contributed by atoms with Crippen LogP contribution in [0.5, 0.6) is 0 Å². The maximum Gasteiger partial charge on any atom is 0.170 e. The summed E-state index contributed by atoms with van der Waals surface area (Å²) in [5.74, 6) is 0. The summed E-state index contributed by atoms with van der Waals surface area (Å²) in [4.78, 5) is 2.42. The molecule has 0 aliphatic carbocycles. The van der Waals surface area contributed by atoms with E-state index in [0.29, 0.717) is 22.2 Å². The molecule has 118 valence electrons. The van der Waals surface area contributed by atoms with Gasteiger partial charge in [0, 0.05) is 35.3 Å². The lowest BCUT2D eigenvalue weighted by Gasteiger charge is -2.30. The van der Waals surface area contributed by atoms with E-state index in [1.807, 2.05) is 18.2 Å². The van der Waals surface area contributed by atoms with Crippen LogP contribution in [0.25, 0.3) is 0 Å². The van der Waals surface area contributed by atoms with Crippen molar-refractivity contribution in [1.82, 2.24) is 10.2 Å². The number of nitrogens with one attached hydrogen (secondary N) is 2. The van der Waals surface area contributed by atoms with E-state index in [1.54, 1.807) is 0 Å². The molecular formula is C15H23BrClN3S. The van der Waals surface area contributed by atoms with Gasteiger partial charge in [-0.1, -0.05) is 11.6 Å². The highest BCUT2D eigenvalue weighted by molar-refractivity contribution is 9.10. The minimum atomic E-state index is 0.526. The third-order valence-corrected chi connectivity index (χ3v) is 4.64. The molecule has 0 aliphatic heterocycles. The molecule has 0 aliphatic rings. The Hall–Kier alpha value is -0.360. The van der Waals surface area contributed by atoms with Gasteiger partial charge in [-0.05, 0) is 74.0 Å². The Kier molecular flexibility index (Phi) is 7.95. The SMILES string of the molecule is CC(C)N(CCNC(=S)Nc1ccc(Br)c(Cl)c1)C(C)C. The molecule has 0 heterocycles. The number of halogens is 2. The molecule has 3 nitrogen and oxygen atoms in total. The Balaban J connectivity index is 2.42. The number of nitrogens with zero attached hydrogens (tertiary/aromatic N) is 1. The highest BCUT2D eigenvalue weighted by Crippen LogP contribution is 2.25. The fourth-order valence-electron chi connectivity index (χ4n) is 2.16. The van der Waals surface area contributed by atoms with E-state index >= 15 is 0 Å². The van der Waals surface area contributed by atoms with Crippen molar-refractivity contribution < 1.29 is 0 Å². The van der Waals surface area contributed by atoms with E-state index in [4.69, 9.17) is 23.8 Å². The summed E-state index contributed by atoms with van der Waals surface area (Å²) in [6.45, 7) is 10.6. The van der Waals surface area contributed by atoms with Crippen LogP contribution < -0.4 is 10.6 Å². The molecule has 6 heteroatoms. The number of anilines is 1. The second-order valence-corrected chi connectivity index (χ2v) is 7.10. The molecule has 1 aromatic rings. The molecule has 2 N–H and O–H groups in total. The van der Waals surface area contributed by atoms with Gasteiger partial charge in [-0.25, -0.2) is 0 Å². The highest BCUT2D eigenvalue weighted by Gasteiger charge is 2.12. The van der Waals surface area contributed by atoms with E-state index in [2.05, 4.69) is 59.2 Å². The third-order valence-electron chi connectivity index (χ3n) is 3.16. The molecular weight excluding hydrogens is 370 g/mol. The topological polar surface area (TPSA) is 27.3 Å². The zero-order valence-electron chi connectivity index (χ0n) is 12.9. The van der Waals surface area contributed by atoms with Crippen molar-refractivity contribution in [2.24, 2.45) is 0 Å². The number of rotatable bonds is 6. The minimum absolute atomic E-state index is 0.526. The first-order valence-electron chi connectivity index (χ1n) is 7.07. The van der Waals surface area contributed by atoms with Gasteiger partial charge in [0.2, 0.25) is 0 Å². The van der Waals surface area contributed by atoms with Crippen LogP contribution in [0.15, 0.2) is 22.7 Å². The van der Waals surface area contributed by atoms with Gasteiger partial charge in [0.05, 0.1) is 5.02 Å². The van der Waals surface area contributed by atoms with E-state index < -0.39 is 0 Å². The molecule has 21 heavy (non-hydrogen) atoms. The summed E-state index contributed by atoms with van der Waals surface area (Å²) in [5, 5.41) is 7.64. The fourth-order valence-corrected chi connectivity index (χ4v) is 2.81. The zero-order chi connectivity index (χ0) is 16.0. The minimum Gasteiger partial charge on any atom is -0.361 e. The Bertz CT molecular complexity index is 472. The number of hydrogen-bond donors (Lipinski definition) is 2. The second kappa shape index (κ2) is 8.93. The summed E-state index contributed by atoms with van der Waals surface area (Å²) >= 11 is 14.7. The first-order chi connectivity index (χ1) is 9.81. The van der Waals surface area contributed by atoms with Crippen LogP contribution in [-0.4, -0.2) is 35.2 Å². The standard InChI is InChI=1S/C15H23BrClN3S/c1-10(2)20(11(3)4)8-7-18-15(21)19-12-5-6-13(16)14(17)9-12/h5-6,9-11H,7-8H2,1-4H3,(H2,18,19,21). The highest BCUT2D eigenvalue weighted by atomic mass is 79.9. The first kappa shape index (κ1) is 18.7. The van der Waals surface area contributed by atoms with Crippen LogP contribution in [0.2, 0.25) is 5.02 Å². The molecule has 0 spiro atoms. The molecule has 0 radical (unpaired) electrons. The van der Waals surface area contributed by atoms with Crippen LogP contribution in [0.1, 0.15) is 27.7 Å². The van der Waals surface area contributed by atoms with E-state index in [0.717, 1.165) is 23.2 Å². The molecule has 0 saturated heterocycles. The lowest BCUT2D eigenvalue weighted by Crippen LogP contribution is -2.43. The summed E-state index contributed by atoms with van der Waals surface area (Å²) < 4.78 is 0.873. The summed E-state index contributed by atoms with van der Waals surface area (Å²) in [6.07, 6.45) is 0. The van der Waals surface area contributed by atoms with E-state index in [9.17, 15) is 0 Å². The number of benzene rings is 1. The van der Waals surface area contributed by atoms with Crippen molar-refractivity contribution in [3.8, 4) is 0 Å². The van der Waals surface area contributed by atoms with Gasteiger partial charge in [-0.15, -0.1) is 0 Å². The van der Waals surface area contributed by atoms with Crippen LogP contribution in [-0.2, 0) is 0 Å². The Morgan fingerprint density at radius 2 is 1.90 bits per heavy atom. The molecule has 0 amide bonds. The fraction of sp³-hybridized carbons (Fsp3) is 0.533. The third kappa shape index (κ3) is 6.51. The summed E-state index contributed by atoms with van der Waals surface area (Å²) in [6, 6.07) is 6.72. The van der Waals surface area contributed by atoms with Crippen LogP contribution in [0, 0.1) is 0 Å². The van der Waals surface area contributed by atoms with Gasteiger partial charge in [-0.3, -0.25) is 4.90 Å². The van der Waals surface area contributed by atoms with Crippen molar-refractivity contribution in [3.05, 3.63) is 27.7 Å². The molecule has 0 unspecified atom stereocenters. The largest absolute Gasteiger partial charge is 0.361 e. The Morgan fingerprint density at radius 3 is 2.43 bits per heavy atom. The van der Waals surface area contributed by atoms with E-state index in [-0.39, 0.29) is 0 Å².